The first-order valence-corrected chi connectivity index (χ1v) is 11.0. The van der Waals surface area contributed by atoms with E-state index in [-0.39, 0.29) is 28.9 Å². The maximum Gasteiger partial charge on any atom is 0.240 e. The van der Waals surface area contributed by atoms with Crippen molar-refractivity contribution >= 4 is 21.6 Å². The van der Waals surface area contributed by atoms with Crippen molar-refractivity contribution in [3.63, 3.8) is 0 Å². The van der Waals surface area contributed by atoms with E-state index in [0.29, 0.717) is 19.6 Å². The Morgan fingerprint density at radius 3 is 2.73 bits per heavy atom. The molecule has 2 aliphatic heterocycles. The molecule has 0 aromatic heterocycles. The fraction of sp³-hybridized carbons (Fsp3) is 0.632. The maximum atomic E-state index is 12.7. The van der Waals surface area contributed by atoms with E-state index in [1.165, 1.54) is 0 Å². The Labute approximate surface area is 155 Å². The summed E-state index contributed by atoms with van der Waals surface area (Å²) in [5.41, 5.74) is 1.80. The Kier molecular flexibility index (Phi) is 4.79. The average Bonchev–Trinajstić information content (AvgIpc) is 3.17. The summed E-state index contributed by atoms with van der Waals surface area (Å²) in [7, 11) is -3.57. The first-order valence-electron chi connectivity index (χ1n) is 9.53. The summed E-state index contributed by atoms with van der Waals surface area (Å²) in [6, 6.07) is 5.19. The van der Waals surface area contributed by atoms with Crippen LogP contribution in [0.4, 0.5) is 5.69 Å². The number of benzene rings is 1. The molecule has 4 rings (SSSR count). The molecule has 0 bridgehead atoms. The molecule has 1 N–H and O–H groups in total. The number of hydrogen-bond acceptors (Lipinski definition) is 4. The molecule has 0 radical (unpaired) electrons. The van der Waals surface area contributed by atoms with Gasteiger partial charge in [-0.15, -0.1) is 0 Å². The van der Waals surface area contributed by atoms with Gasteiger partial charge in [-0.05, 0) is 62.8 Å². The molecule has 6 nitrogen and oxygen atoms in total. The number of amides is 1. The number of ether oxygens (including phenoxy) is 1. The minimum atomic E-state index is -3.57. The second-order valence-electron chi connectivity index (χ2n) is 7.67. The lowest BCUT2D eigenvalue weighted by Crippen LogP contribution is -2.42. The van der Waals surface area contributed by atoms with Crippen LogP contribution in [0.15, 0.2) is 23.1 Å². The number of carbonyl (C=O) groups excluding carboxylic acids is 1. The van der Waals surface area contributed by atoms with E-state index < -0.39 is 10.0 Å². The van der Waals surface area contributed by atoms with E-state index in [1.807, 2.05) is 11.8 Å². The van der Waals surface area contributed by atoms with Crippen LogP contribution >= 0.6 is 0 Å². The van der Waals surface area contributed by atoms with Gasteiger partial charge in [0.2, 0.25) is 15.9 Å². The van der Waals surface area contributed by atoms with Gasteiger partial charge < -0.3 is 9.64 Å². The van der Waals surface area contributed by atoms with Crippen molar-refractivity contribution in [1.82, 2.24) is 4.72 Å². The second-order valence-corrected chi connectivity index (χ2v) is 9.43. The van der Waals surface area contributed by atoms with E-state index in [1.54, 1.807) is 18.2 Å². The number of carbonyl (C=O) groups is 1. The number of anilines is 1. The lowest BCUT2D eigenvalue weighted by molar-refractivity contribution is -0.125. The van der Waals surface area contributed by atoms with Crippen molar-refractivity contribution in [3.05, 3.63) is 23.8 Å². The van der Waals surface area contributed by atoms with E-state index in [4.69, 9.17) is 4.74 Å². The Hall–Kier alpha value is -1.44. The highest BCUT2D eigenvalue weighted by atomic mass is 32.2. The van der Waals surface area contributed by atoms with Gasteiger partial charge in [0.25, 0.3) is 0 Å². The Morgan fingerprint density at radius 2 is 2.08 bits per heavy atom. The molecule has 1 aromatic carbocycles. The minimum absolute atomic E-state index is 0.0326. The fourth-order valence-electron chi connectivity index (χ4n) is 4.05. The van der Waals surface area contributed by atoms with Crippen LogP contribution in [0, 0.1) is 5.92 Å². The highest BCUT2D eigenvalue weighted by molar-refractivity contribution is 7.89. The molecule has 1 saturated heterocycles. The number of fused-ring (bicyclic) bond motifs is 1. The molecule has 1 aromatic rings. The third-order valence-electron chi connectivity index (χ3n) is 5.79. The molecule has 2 heterocycles. The largest absolute Gasteiger partial charge is 0.377 e. The predicted molar refractivity (Wildman–Crippen MR) is 98.6 cm³/mol. The van der Waals surface area contributed by atoms with Crippen molar-refractivity contribution in [1.29, 1.82) is 0 Å². The third-order valence-corrected chi connectivity index (χ3v) is 7.21. The molecule has 0 unspecified atom stereocenters. The number of rotatable bonds is 5. The smallest absolute Gasteiger partial charge is 0.240 e. The molecule has 0 spiro atoms. The molecule has 7 heteroatoms. The van der Waals surface area contributed by atoms with Gasteiger partial charge >= 0.3 is 0 Å². The molecule has 2 atom stereocenters. The number of nitrogens with one attached hydrogen (secondary N) is 1. The summed E-state index contributed by atoms with van der Waals surface area (Å²) in [6.45, 7) is 3.04. The Bertz CT molecular complexity index is 798. The zero-order valence-electron chi connectivity index (χ0n) is 15.1. The Balaban J connectivity index is 1.51. The van der Waals surface area contributed by atoms with Crippen LogP contribution in [0.1, 0.15) is 44.6 Å². The molecule has 26 heavy (non-hydrogen) atoms. The van der Waals surface area contributed by atoms with E-state index in [2.05, 4.69) is 4.72 Å². The summed E-state index contributed by atoms with van der Waals surface area (Å²) in [5.74, 6) is 0.328. The highest BCUT2D eigenvalue weighted by Gasteiger charge is 2.37. The monoisotopic (exact) mass is 378 g/mol. The normalized spacial score (nSPS) is 26.0. The zero-order chi connectivity index (χ0) is 18.3. The molecule has 1 aliphatic carbocycles. The fourth-order valence-corrected chi connectivity index (χ4v) is 5.17. The van der Waals surface area contributed by atoms with Gasteiger partial charge in [-0.3, -0.25) is 4.79 Å². The van der Waals surface area contributed by atoms with Crippen molar-refractivity contribution in [2.24, 2.45) is 5.92 Å². The maximum absolute atomic E-state index is 12.7. The van der Waals surface area contributed by atoms with Crippen LogP contribution in [0.25, 0.3) is 0 Å². The molecule has 1 amide bonds. The molecular formula is C19H26N2O4S. The standard InChI is InChI=1S/C19H26N2O4S/c1-13-10-15-11-17(26(23,24)20-12-16-6-3-9-25-16)7-8-18(15)21(13)19(22)14-4-2-5-14/h7-8,11,13-14,16,20H,2-6,9-10,12H2,1H3/t13-,16+/m0/s1. The van der Waals surface area contributed by atoms with Gasteiger partial charge in [-0.25, -0.2) is 13.1 Å². The zero-order valence-corrected chi connectivity index (χ0v) is 15.9. The van der Waals surface area contributed by atoms with E-state index in [9.17, 15) is 13.2 Å². The quantitative estimate of drug-likeness (QED) is 0.852. The van der Waals surface area contributed by atoms with Crippen molar-refractivity contribution < 1.29 is 17.9 Å². The van der Waals surface area contributed by atoms with E-state index in [0.717, 1.165) is 43.4 Å². The molecule has 142 valence electrons. The first kappa shape index (κ1) is 17.9. The SMILES string of the molecule is C[C@H]1Cc2cc(S(=O)(=O)NC[C@H]3CCCO3)ccc2N1C(=O)C1CCC1. The molecule has 1 saturated carbocycles. The number of nitrogens with zero attached hydrogens (tertiary/aromatic N) is 1. The molecule has 3 aliphatic rings. The summed E-state index contributed by atoms with van der Waals surface area (Å²) in [4.78, 5) is 14.8. The summed E-state index contributed by atoms with van der Waals surface area (Å²) in [5, 5.41) is 0. The highest BCUT2D eigenvalue weighted by Crippen LogP contribution is 2.38. The van der Waals surface area contributed by atoms with Crippen molar-refractivity contribution in [2.45, 2.75) is 62.5 Å². The lowest BCUT2D eigenvalue weighted by Gasteiger charge is -2.32. The van der Waals surface area contributed by atoms with Crippen LogP contribution in [0.3, 0.4) is 0 Å². The van der Waals surface area contributed by atoms with E-state index >= 15 is 0 Å². The van der Waals surface area contributed by atoms with Crippen LogP contribution in [-0.2, 0) is 26.0 Å². The van der Waals surface area contributed by atoms with Gasteiger partial charge in [0.05, 0.1) is 11.0 Å². The van der Waals surface area contributed by atoms with Crippen LogP contribution in [0.5, 0.6) is 0 Å². The first-order chi connectivity index (χ1) is 12.5. The average molecular weight is 378 g/mol. The predicted octanol–water partition coefficient (Wildman–Crippen LogP) is 2.22. The van der Waals surface area contributed by atoms with Crippen LogP contribution < -0.4 is 9.62 Å². The summed E-state index contributed by atoms with van der Waals surface area (Å²) >= 11 is 0. The van der Waals surface area contributed by atoms with Crippen molar-refractivity contribution in [2.75, 3.05) is 18.1 Å². The van der Waals surface area contributed by atoms with Crippen LogP contribution in [-0.4, -0.2) is 39.6 Å². The topological polar surface area (TPSA) is 75.7 Å². The van der Waals surface area contributed by atoms with Gasteiger partial charge in [-0.1, -0.05) is 6.42 Å². The Morgan fingerprint density at radius 1 is 1.27 bits per heavy atom. The van der Waals surface area contributed by atoms with Crippen molar-refractivity contribution in [3.8, 4) is 0 Å². The molecule has 2 fully saturated rings. The number of sulfonamides is 1. The summed E-state index contributed by atoms with van der Waals surface area (Å²) in [6.07, 6.45) is 5.60. The second kappa shape index (κ2) is 6.94. The third kappa shape index (κ3) is 3.28. The lowest BCUT2D eigenvalue weighted by atomic mass is 9.84. The van der Waals surface area contributed by atoms with Gasteiger partial charge in [0.1, 0.15) is 0 Å². The molecular weight excluding hydrogens is 352 g/mol. The van der Waals surface area contributed by atoms with Gasteiger partial charge in [0, 0.05) is 30.8 Å². The van der Waals surface area contributed by atoms with Gasteiger partial charge in [0.15, 0.2) is 0 Å². The number of hydrogen-bond donors (Lipinski definition) is 1. The summed E-state index contributed by atoms with van der Waals surface area (Å²) < 4.78 is 33.3. The van der Waals surface area contributed by atoms with Gasteiger partial charge in [-0.2, -0.15) is 0 Å². The van der Waals surface area contributed by atoms with Crippen LogP contribution in [0.2, 0.25) is 0 Å². The minimum Gasteiger partial charge on any atom is -0.377 e.